The maximum atomic E-state index is 13.0. The van der Waals surface area contributed by atoms with Crippen LogP contribution in [0.3, 0.4) is 0 Å². The van der Waals surface area contributed by atoms with Crippen LogP contribution >= 0.6 is 0 Å². The fraction of sp³-hybridized carbons (Fsp3) is 0.467. The Hall–Kier alpha value is -1.93. The number of aromatic nitrogens is 3. The Balaban J connectivity index is 1.99. The molecule has 0 aromatic carbocycles. The molecule has 1 aliphatic rings. The van der Waals surface area contributed by atoms with E-state index in [4.69, 9.17) is 0 Å². The highest BCUT2D eigenvalue weighted by Gasteiger charge is 2.37. The summed E-state index contributed by atoms with van der Waals surface area (Å²) in [6.07, 6.45) is 4.94. The molecule has 3 heterocycles. The van der Waals surface area contributed by atoms with Crippen LogP contribution in [-0.2, 0) is 17.1 Å². The first-order valence-corrected chi connectivity index (χ1v) is 9.03. The highest BCUT2D eigenvalue weighted by molar-refractivity contribution is 7.89. The molecule has 0 bridgehead atoms. The Morgan fingerprint density at radius 3 is 2.83 bits per heavy atom. The molecule has 0 radical (unpaired) electrons. The number of aryl methyl sites for hydroxylation is 2. The average Bonchev–Trinajstić information content (AvgIpc) is 3.14. The van der Waals surface area contributed by atoms with Crippen molar-refractivity contribution in [1.82, 2.24) is 19.1 Å². The predicted molar refractivity (Wildman–Crippen MR) is 87.6 cm³/mol. The van der Waals surface area contributed by atoms with E-state index in [-0.39, 0.29) is 10.9 Å². The van der Waals surface area contributed by atoms with Gasteiger partial charge in [0.1, 0.15) is 10.7 Å². The summed E-state index contributed by atoms with van der Waals surface area (Å²) in [4.78, 5) is 4.49. The summed E-state index contributed by atoms with van der Waals surface area (Å²) < 4.78 is 29.2. The van der Waals surface area contributed by atoms with Crippen molar-refractivity contribution in [2.24, 2.45) is 7.05 Å². The third-order valence-corrected chi connectivity index (χ3v) is 6.19. The normalized spacial score (nSPS) is 19.2. The van der Waals surface area contributed by atoms with E-state index in [0.717, 1.165) is 24.2 Å². The Morgan fingerprint density at radius 1 is 1.39 bits per heavy atom. The summed E-state index contributed by atoms with van der Waals surface area (Å²) in [7, 11) is -0.0247. The van der Waals surface area contributed by atoms with Crippen LogP contribution in [-0.4, -0.2) is 41.1 Å². The molecule has 0 unspecified atom stereocenters. The van der Waals surface area contributed by atoms with Crippen LogP contribution in [0.5, 0.6) is 0 Å². The third-order valence-electron chi connectivity index (χ3n) is 4.18. The zero-order chi connectivity index (χ0) is 16.6. The number of nitrogens with zero attached hydrogens (tertiary/aromatic N) is 4. The molecule has 1 saturated heterocycles. The number of hydrogen-bond acceptors (Lipinski definition) is 5. The molecule has 0 spiro atoms. The molecule has 3 rings (SSSR count). The molecule has 1 N–H and O–H groups in total. The van der Waals surface area contributed by atoms with Crippen LogP contribution in [0.15, 0.2) is 29.4 Å². The molecule has 7 nitrogen and oxygen atoms in total. The van der Waals surface area contributed by atoms with E-state index in [1.165, 1.54) is 0 Å². The number of anilines is 1. The Labute approximate surface area is 136 Å². The van der Waals surface area contributed by atoms with E-state index in [2.05, 4.69) is 15.4 Å². The van der Waals surface area contributed by atoms with Crippen molar-refractivity contribution in [2.45, 2.75) is 30.7 Å². The number of rotatable bonds is 4. The van der Waals surface area contributed by atoms with Crippen LogP contribution in [0, 0.1) is 6.92 Å². The van der Waals surface area contributed by atoms with Gasteiger partial charge in [0.05, 0.1) is 11.7 Å². The van der Waals surface area contributed by atoms with Gasteiger partial charge in [0, 0.05) is 33.0 Å². The molecule has 23 heavy (non-hydrogen) atoms. The van der Waals surface area contributed by atoms with Gasteiger partial charge < -0.3 is 5.32 Å². The highest BCUT2D eigenvalue weighted by atomic mass is 32.2. The van der Waals surface area contributed by atoms with Gasteiger partial charge in [0.2, 0.25) is 10.0 Å². The average molecular weight is 335 g/mol. The molecule has 1 fully saturated rings. The summed E-state index contributed by atoms with van der Waals surface area (Å²) >= 11 is 0. The lowest BCUT2D eigenvalue weighted by atomic mass is 10.1. The largest absolute Gasteiger partial charge is 0.373 e. The second-order valence-electron chi connectivity index (χ2n) is 5.75. The lowest BCUT2D eigenvalue weighted by Crippen LogP contribution is -2.31. The molecule has 0 aliphatic carbocycles. The Morgan fingerprint density at radius 2 is 2.17 bits per heavy atom. The molecule has 1 aliphatic heterocycles. The van der Waals surface area contributed by atoms with Crippen molar-refractivity contribution in [3.63, 3.8) is 0 Å². The maximum absolute atomic E-state index is 13.0. The third kappa shape index (κ3) is 2.84. The standard InChI is InChI=1S/C15H21N5O2S/c1-11-14(10-19(3)18-11)23(21,22)20-8-4-5-13(20)12-6-7-17-15(9-12)16-2/h6-7,9-10,13H,4-5,8H2,1-3H3,(H,16,17)/t13-/m1/s1. The van der Waals surface area contributed by atoms with Crippen LogP contribution < -0.4 is 5.32 Å². The SMILES string of the molecule is CNc1cc([C@H]2CCCN2S(=O)(=O)c2cn(C)nc2C)ccn1. The minimum Gasteiger partial charge on any atom is -0.373 e. The zero-order valence-corrected chi connectivity index (χ0v) is 14.3. The lowest BCUT2D eigenvalue weighted by molar-refractivity contribution is 0.396. The van der Waals surface area contributed by atoms with Crippen molar-refractivity contribution < 1.29 is 8.42 Å². The summed E-state index contributed by atoms with van der Waals surface area (Å²) in [5, 5.41) is 7.16. The molecule has 2 aromatic rings. The summed E-state index contributed by atoms with van der Waals surface area (Å²) in [5.74, 6) is 0.740. The number of pyridine rings is 1. The summed E-state index contributed by atoms with van der Waals surface area (Å²) in [6.45, 7) is 2.25. The molecular weight excluding hydrogens is 314 g/mol. The van der Waals surface area contributed by atoms with Crippen LogP contribution in [0.4, 0.5) is 5.82 Å². The minimum atomic E-state index is -3.56. The highest BCUT2D eigenvalue weighted by Crippen LogP contribution is 2.37. The van der Waals surface area contributed by atoms with Gasteiger partial charge in [-0.15, -0.1) is 0 Å². The van der Waals surface area contributed by atoms with Crippen molar-refractivity contribution in [3.05, 3.63) is 35.8 Å². The van der Waals surface area contributed by atoms with E-state index >= 15 is 0 Å². The van der Waals surface area contributed by atoms with Crippen molar-refractivity contribution in [2.75, 3.05) is 18.9 Å². The van der Waals surface area contributed by atoms with Gasteiger partial charge in [-0.3, -0.25) is 4.68 Å². The molecule has 124 valence electrons. The number of hydrogen-bond donors (Lipinski definition) is 1. The van der Waals surface area contributed by atoms with Gasteiger partial charge in [0.15, 0.2) is 0 Å². The van der Waals surface area contributed by atoms with E-state index < -0.39 is 10.0 Å². The first kappa shape index (κ1) is 15.9. The topological polar surface area (TPSA) is 80.1 Å². The van der Waals surface area contributed by atoms with Gasteiger partial charge >= 0.3 is 0 Å². The van der Waals surface area contributed by atoms with E-state index in [9.17, 15) is 8.42 Å². The van der Waals surface area contributed by atoms with Crippen LogP contribution in [0.2, 0.25) is 0 Å². The zero-order valence-electron chi connectivity index (χ0n) is 13.5. The van der Waals surface area contributed by atoms with Crippen molar-refractivity contribution in [1.29, 1.82) is 0 Å². The van der Waals surface area contributed by atoms with Gasteiger partial charge in [-0.1, -0.05) is 0 Å². The van der Waals surface area contributed by atoms with E-state index in [1.807, 2.05) is 12.1 Å². The van der Waals surface area contributed by atoms with Crippen molar-refractivity contribution >= 4 is 15.8 Å². The summed E-state index contributed by atoms with van der Waals surface area (Å²) in [6, 6.07) is 3.64. The minimum absolute atomic E-state index is 0.158. The monoisotopic (exact) mass is 335 g/mol. The second-order valence-corrected chi connectivity index (χ2v) is 7.61. The summed E-state index contributed by atoms with van der Waals surface area (Å²) in [5.41, 5.74) is 1.50. The van der Waals surface area contributed by atoms with E-state index in [1.54, 1.807) is 42.4 Å². The Bertz CT molecular complexity index is 815. The molecule has 2 aromatic heterocycles. The molecule has 0 saturated carbocycles. The van der Waals surface area contributed by atoms with Crippen LogP contribution in [0.1, 0.15) is 30.1 Å². The van der Waals surface area contributed by atoms with Gasteiger partial charge in [0.25, 0.3) is 0 Å². The first-order chi connectivity index (χ1) is 10.9. The molecule has 8 heteroatoms. The molecular formula is C15H21N5O2S. The molecule has 1 atom stereocenters. The van der Waals surface area contributed by atoms with Gasteiger partial charge in [-0.25, -0.2) is 13.4 Å². The number of nitrogens with one attached hydrogen (secondary N) is 1. The van der Waals surface area contributed by atoms with E-state index in [0.29, 0.717) is 12.2 Å². The predicted octanol–water partition coefficient (Wildman–Crippen LogP) is 1.69. The fourth-order valence-corrected chi connectivity index (χ4v) is 4.99. The van der Waals surface area contributed by atoms with Gasteiger partial charge in [-0.2, -0.15) is 9.40 Å². The first-order valence-electron chi connectivity index (χ1n) is 7.59. The van der Waals surface area contributed by atoms with Crippen molar-refractivity contribution in [3.8, 4) is 0 Å². The van der Waals surface area contributed by atoms with Gasteiger partial charge in [-0.05, 0) is 37.5 Å². The second kappa shape index (κ2) is 5.93. The molecule has 0 amide bonds. The maximum Gasteiger partial charge on any atom is 0.247 e. The lowest BCUT2D eigenvalue weighted by Gasteiger charge is -2.24. The smallest absolute Gasteiger partial charge is 0.247 e. The quantitative estimate of drug-likeness (QED) is 0.920. The Kier molecular flexibility index (Phi) is 4.11. The van der Waals surface area contributed by atoms with Crippen LogP contribution in [0.25, 0.3) is 0 Å². The number of sulfonamides is 1. The fourth-order valence-electron chi connectivity index (χ4n) is 3.11.